The summed E-state index contributed by atoms with van der Waals surface area (Å²) in [5.74, 6) is -3.19. The van der Waals surface area contributed by atoms with Gasteiger partial charge in [-0.3, -0.25) is 0 Å². The van der Waals surface area contributed by atoms with Gasteiger partial charge in [-0.25, -0.2) is 0 Å². The van der Waals surface area contributed by atoms with Gasteiger partial charge in [-0.1, -0.05) is 0 Å². The summed E-state index contributed by atoms with van der Waals surface area (Å²) in [7, 11) is 0. The number of hydrogen-bond acceptors (Lipinski definition) is 0. The summed E-state index contributed by atoms with van der Waals surface area (Å²) in [5.41, 5.74) is 1.97. The second kappa shape index (κ2) is 9.57. The Morgan fingerprint density at radius 1 is 0.500 bits per heavy atom. The van der Waals surface area contributed by atoms with Crippen LogP contribution in [0.2, 0.25) is 0 Å². The molecule has 196 valence electrons. The first-order valence-electron chi connectivity index (χ1n) is 12.4. The molecule has 0 saturated heterocycles. The fraction of sp³-hybridized carbons (Fsp3) is 0.0303. The van der Waals surface area contributed by atoms with Crippen LogP contribution in [0.5, 0.6) is 0 Å². The zero-order valence-corrected chi connectivity index (χ0v) is 24.2. The summed E-state index contributed by atoms with van der Waals surface area (Å²) >= 11 is -0.0351. The molecule has 0 saturated carbocycles. The molecule has 0 radical (unpaired) electrons. The third-order valence-corrected chi connectivity index (χ3v) is 12.3. The standard InChI is InChI=1S/C33H17F5Se2/c1-16(34)29(35)17-8-12-19(13-9-17)31-27-21-4-2-7-24-26(21)28(22-5-3-6-23(39-31)25(22)27)32(40-24)20-14-10-18(11-15-20)30(36)33(37)38/h2-15H,1H3/b29-16+. The van der Waals surface area contributed by atoms with Gasteiger partial charge in [0.05, 0.1) is 0 Å². The number of rotatable bonds is 4. The summed E-state index contributed by atoms with van der Waals surface area (Å²) in [6.45, 7) is 1.11. The Labute approximate surface area is 237 Å². The van der Waals surface area contributed by atoms with Crippen LogP contribution in [-0.2, 0) is 0 Å². The molecule has 0 amide bonds. The molecule has 0 aliphatic heterocycles. The first-order valence-corrected chi connectivity index (χ1v) is 15.8. The van der Waals surface area contributed by atoms with E-state index in [2.05, 4.69) is 36.4 Å². The van der Waals surface area contributed by atoms with Crippen molar-refractivity contribution in [1.82, 2.24) is 0 Å². The predicted octanol–water partition coefficient (Wildman–Crippen LogP) is 10.3. The fourth-order valence-electron chi connectivity index (χ4n) is 5.48. The maximum absolute atomic E-state index is 14.2. The third-order valence-electron chi connectivity index (χ3n) is 7.24. The first kappa shape index (κ1) is 25.5. The number of allylic oxidation sites excluding steroid dienone is 1. The first-order chi connectivity index (χ1) is 19.3. The van der Waals surface area contributed by atoms with Gasteiger partial charge in [0.1, 0.15) is 0 Å². The molecule has 0 spiro atoms. The van der Waals surface area contributed by atoms with Crippen LogP contribution in [0, 0.1) is 0 Å². The molecule has 0 N–H and O–H groups in total. The molecule has 7 rings (SSSR count). The van der Waals surface area contributed by atoms with Gasteiger partial charge in [0.2, 0.25) is 0 Å². The van der Waals surface area contributed by atoms with Crippen LogP contribution >= 0.6 is 0 Å². The van der Waals surface area contributed by atoms with E-state index < -0.39 is 23.6 Å². The van der Waals surface area contributed by atoms with E-state index in [1.54, 1.807) is 24.3 Å². The molecule has 0 nitrogen and oxygen atoms in total. The van der Waals surface area contributed by atoms with Crippen molar-refractivity contribution in [3.05, 3.63) is 108 Å². The second-order valence-corrected chi connectivity index (χ2v) is 14.0. The Balaban J connectivity index is 1.51. The molecule has 0 fully saturated rings. The van der Waals surface area contributed by atoms with Crippen LogP contribution in [0.4, 0.5) is 22.0 Å². The summed E-state index contributed by atoms with van der Waals surface area (Å²) in [6, 6.07) is 26.0. The van der Waals surface area contributed by atoms with Crippen molar-refractivity contribution in [2.45, 2.75) is 6.92 Å². The number of halogens is 5. The minimum atomic E-state index is -2.32. The molecule has 0 atom stereocenters. The minimum absolute atomic E-state index is 0.00175. The van der Waals surface area contributed by atoms with Crippen molar-refractivity contribution in [3.63, 3.8) is 0 Å². The van der Waals surface area contributed by atoms with E-state index >= 15 is 0 Å². The van der Waals surface area contributed by atoms with Gasteiger partial charge >= 0.3 is 238 Å². The molecule has 0 bridgehead atoms. The molecule has 0 unspecified atom stereocenters. The van der Waals surface area contributed by atoms with Crippen molar-refractivity contribution < 1.29 is 22.0 Å². The Hall–Kier alpha value is -3.47. The molecule has 7 aromatic rings. The molecular weight excluding hydrogens is 649 g/mol. The monoisotopic (exact) mass is 668 g/mol. The molecule has 5 aromatic carbocycles. The van der Waals surface area contributed by atoms with Crippen LogP contribution in [0.3, 0.4) is 0 Å². The van der Waals surface area contributed by atoms with Crippen LogP contribution in [-0.4, -0.2) is 29.0 Å². The quantitative estimate of drug-likeness (QED) is 0.0997. The number of benzene rings is 5. The molecule has 0 aliphatic rings. The molecule has 40 heavy (non-hydrogen) atoms. The van der Waals surface area contributed by atoms with Crippen LogP contribution < -0.4 is 0 Å². The zero-order valence-electron chi connectivity index (χ0n) is 20.8. The van der Waals surface area contributed by atoms with Gasteiger partial charge in [0, 0.05) is 0 Å². The van der Waals surface area contributed by atoms with Gasteiger partial charge < -0.3 is 0 Å². The van der Waals surface area contributed by atoms with Crippen molar-refractivity contribution >= 4 is 81.5 Å². The molecule has 7 heteroatoms. The molecule has 0 aliphatic carbocycles. The number of hydrogen-bond donors (Lipinski definition) is 0. The van der Waals surface area contributed by atoms with Gasteiger partial charge in [0.15, 0.2) is 0 Å². The zero-order chi connectivity index (χ0) is 27.7. The summed E-state index contributed by atoms with van der Waals surface area (Å²) in [5, 5.41) is 7.03. The summed E-state index contributed by atoms with van der Waals surface area (Å²) in [6.07, 6.45) is -2.32. The Kier molecular flexibility index (Phi) is 6.10. The average molecular weight is 666 g/mol. The van der Waals surface area contributed by atoms with E-state index in [9.17, 15) is 22.0 Å². The predicted molar refractivity (Wildman–Crippen MR) is 157 cm³/mol. The van der Waals surface area contributed by atoms with Gasteiger partial charge in [-0.2, -0.15) is 0 Å². The van der Waals surface area contributed by atoms with Crippen LogP contribution in [0.1, 0.15) is 18.1 Å². The fourth-order valence-corrected chi connectivity index (χ4v) is 10.7. The number of fused-ring (bicyclic) bond motifs is 2. The van der Waals surface area contributed by atoms with Crippen molar-refractivity contribution in [2.24, 2.45) is 0 Å². The molecular formula is C33H17F5Se2. The Morgan fingerprint density at radius 3 is 1.32 bits per heavy atom. The second-order valence-electron chi connectivity index (χ2n) is 9.55. The van der Waals surface area contributed by atoms with Gasteiger partial charge in [0.25, 0.3) is 0 Å². The summed E-state index contributed by atoms with van der Waals surface area (Å²) < 4.78 is 72.0. The Morgan fingerprint density at radius 2 is 0.925 bits per heavy atom. The van der Waals surface area contributed by atoms with E-state index in [1.807, 2.05) is 12.1 Å². The summed E-state index contributed by atoms with van der Waals surface area (Å²) in [4.78, 5) is 0. The van der Waals surface area contributed by atoms with Crippen molar-refractivity contribution in [2.75, 3.05) is 0 Å². The van der Waals surface area contributed by atoms with Crippen molar-refractivity contribution in [1.29, 1.82) is 0 Å². The molecule has 2 aromatic heterocycles. The van der Waals surface area contributed by atoms with E-state index in [0.29, 0.717) is 0 Å². The molecule has 2 heterocycles. The maximum atomic E-state index is 14.2. The van der Waals surface area contributed by atoms with Crippen molar-refractivity contribution in [3.8, 4) is 20.0 Å². The van der Waals surface area contributed by atoms with E-state index in [1.165, 1.54) is 41.2 Å². The van der Waals surface area contributed by atoms with Crippen LogP contribution in [0.15, 0.2) is 96.8 Å². The van der Waals surface area contributed by atoms with Crippen LogP contribution in [0.25, 0.3) is 72.5 Å². The Bertz CT molecular complexity index is 1980. The average Bonchev–Trinajstić information content (AvgIpc) is 3.56. The van der Waals surface area contributed by atoms with Gasteiger partial charge in [-0.15, -0.1) is 0 Å². The van der Waals surface area contributed by atoms with E-state index in [4.69, 9.17) is 0 Å². The van der Waals surface area contributed by atoms with E-state index in [0.717, 1.165) is 38.6 Å². The van der Waals surface area contributed by atoms with Gasteiger partial charge in [-0.05, 0) is 0 Å². The normalized spacial score (nSPS) is 12.7. The third kappa shape index (κ3) is 3.84. The SMILES string of the molecule is C/C(F)=C(\F)c1ccc(-c2[se]c3cccc4c5c(-c6ccc(C(F)=C(F)F)cc6)[se]c6cccc(c2c34)c65)cc1. The topological polar surface area (TPSA) is 0 Å². The van der Waals surface area contributed by atoms with E-state index in [-0.39, 0.29) is 40.1 Å².